The number of benzene rings is 3. The number of imidazole rings is 1. The maximum Gasteiger partial charge on any atom is 0.215 e. The largest absolute Gasteiger partial charge is 0.455 e. The summed E-state index contributed by atoms with van der Waals surface area (Å²) in [5, 5.41) is 4.28. The zero-order chi connectivity index (χ0) is 30.0. The van der Waals surface area contributed by atoms with Crippen molar-refractivity contribution in [3.63, 3.8) is 0 Å². The van der Waals surface area contributed by atoms with Crippen LogP contribution in [-0.2, 0) is 25.6 Å². The molecule has 5 aromatic rings. The van der Waals surface area contributed by atoms with E-state index in [1.54, 1.807) is 12.4 Å². The average Bonchev–Trinajstić information content (AvgIpc) is 3.53. The molecule has 1 fully saturated rings. The number of nitrogens with one attached hydrogen (secondary N) is 3. The molecule has 43 heavy (non-hydrogen) atoms. The van der Waals surface area contributed by atoms with E-state index in [4.69, 9.17) is 4.42 Å². The second-order valence-electron chi connectivity index (χ2n) is 11.1. The predicted molar refractivity (Wildman–Crippen MR) is 171 cm³/mol. The number of rotatable bonds is 13. The standard InChI is InChI=1S/C32H34N4O5S2/c1-42(37,38)18-6-5-15-35-43(39,40)21-24-19-29-28(20-27(24)22-9-10-22)30(32-33-16-17-34-32)31(41-29)23-11-13-26(14-12-23)36-25-7-3-2-4-8-25/h2-4,7-8,11-14,16-17,19-20,22,35-36H,5-6,9-10,15,18,21H2,1H3,(H,33,34). The molecule has 0 radical (unpaired) electrons. The van der Waals surface area contributed by atoms with Gasteiger partial charge in [0.25, 0.3) is 0 Å². The Kier molecular flexibility index (Phi) is 8.13. The van der Waals surface area contributed by atoms with Crippen molar-refractivity contribution < 1.29 is 21.3 Å². The third-order valence-electron chi connectivity index (χ3n) is 7.52. The summed E-state index contributed by atoms with van der Waals surface area (Å²) in [6, 6.07) is 21.9. The van der Waals surface area contributed by atoms with Crippen LogP contribution in [0.1, 0.15) is 42.7 Å². The van der Waals surface area contributed by atoms with E-state index in [-0.39, 0.29) is 18.1 Å². The minimum absolute atomic E-state index is 0.0440. The Morgan fingerprint density at radius 1 is 0.953 bits per heavy atom. The molecule has 9 nitrogen and oxygen atoms in total. The van der Waals surface area contributed by atoms with Crippen molar-refractivity contribution in [1.82, 2.24) is 14.7 Å². The van der Waals surface area contributed by atoms with Gasteiger partial charge in [0.05, 0.1) is 11.3 Å². The van der Waals surface area contributed by atoms with Crippen LogP contribution in [-0.4, -0.2) is 45.4 Å². The lowest BCUT2D eigenvalue weighted by Gasteiger charge is -2.11. The van der Waals surface area contributed by atoms with Crippen LogP contribution in [0.15, 0.2) is 83.5 Å². The summed E-state index contributed by atoms with van der Waals surface area (Å²) in [7, 11) is -6.71. The molecule has 2 aromatic heterocycles. The first kappa shape index (κ1) is 29.2. The van der Waals surface area contributed by atoms with Gasteiger partial charge in [-0.1, -0.05) is 18.2 Å². The van der Waals surface area contributed by atoms with E-state index < -0.39 is 19.9 Å². The molecule has 2 heterocycles. The number of para-hydroxylation sites is 1. The molecular formula is C32H34N4O5S2. The highest BCUT2D eigenvalue weighted by atomic mass is 32.2. The molecule has 0 spiro atoms. The number of unbranched alkanes of at least 4 members (excludes halogenated alkanes) is 1. The minimum atomic E-state index is -3.64. The quantitative estimate of drug-likeness (QED) is 0.131. The van der Waals surface area contributed by atoms with Gasteiger partial charge in [0.15, 0.2) is 0 Å². The van der Waals surface area contributed by atoms with Crippen LogP contribution in [0.4, 0.5) is 11.4 Å². The summed E-state index contributed by atoms with van der Waals surface area (Å²) in [5.74, 6) is 1.50. The van der Waals surface area contributed by atoms with Gasteiger partial charge < -0.3 is 14.7 Å². The number of fused-ring (bicyclic) bond motifs is 1. The van der Waals surface area contributed by atoms with E-state index in [1.807, 2.05) is 60.7 Å². The van der Waals surface area contributed by atoms with Crippen LogP contribution in [0.5, 0.6) is 0 Å². The number of furan rings is 1. The molecule has 0 aliphatic heterocycles. The number of hydrogen-bond donors (Lipinski definition) is 3. The topological polar surface area (TPSA) is 134 Å². The summed E-state index contributed by atoms with van der Waals surface area (Å²) < 4.78 is 57.9. The summed E-state index contributed by atoms with van der Waals surface area (Å²) in [4.78, 5) is 7.75. The van der Waals surface area contributed by atoms with Gasteiger partial charge in [-0.3, -0.25) is 0 Å². The maximum atomic E-state index is 13.1. The van der Waals surface area contributed by atoms with Crippen LogP contribution in [0.2, 0.25) is 0 Å². The fraction of sp³-hybridized carbons (Fsp3) is 0.281. The van der Waals surface area contributed by atoms with Crippen molar-refractivity contribution in [3.05, 3.63) is 90.3 Å². The molecule has 0 saturated heterocycles. The van der Waals surface area contributed by atoms with Gasteiger partial charge in [-0.05, 0) is 91.3 Å². The van der Waals surface area contributed by atoms with E-state index in [1.165, 1.54) is 6.26 Å². The highest BCUT2D eigenvalue weighted by molar-refractivity contribution is 7.90. The SMILES string of the molecule is CS(=O)(=O)CCCCNS(=O)(=O)Cc1cc2oc(-c3ccc(Nc4ccccc4)cc3)c(-c3ncc[nH]3)c2cc1C1CC1. The van der Waals surface area contributed by atoms with Crippen LogP contribution in [0, 0.1) is 0 Å². The Morgan fingerprint density at radius 3 is 2.37 bits per heavy atom. The molecule has 6 rings (SSSR count). The minimum Gasteiger partial charge on any atom is -0.455 e. The molecule has 0 bridgehead atoms. The fourth-order valence-electron chi connectivity index (χ4n) is 5.31. The second-order valence-corrected chi connectivity index (χ2v) is 15.2. The van der Waals surface area contributed by atoms with Crippen LogP contribution in [0.3, 0.4) is 0 Å². The Morgan fingerprint density at radius 2 is 1.70 bits per heavy atom. The molecule has 0 unspecified atom stereocenters. The van der Waals surface area contributed by atoms with E-state index in [0.29, 0.717) is 41.5 Å². The number of sulfone groups is 1. The molecule has 224 valence electrons. The van der Waals surface area contributed by atoms with Crippen molar-refractivity contribution in [2.24, 2.45) is 0 Å². The van der Waals surface area contributed by atoms with Gasteiger partial charge in [0.1, 0.15) is 27.0 Å². The van der Waals surface area contributed by atoms with Crippen molar-refractivity contribution in [2.75, 3.05) is 23.9 Å². The van der Waals surface area contributed by atoms with E-state index in [2.05, 4.69) is 26.1 Å². The second kappa shape index (κ2) is 12.0. The van der Waals surface area contributed by atoms with Gasteiger partial charge in [-0.2, -0.15) is 0 Å². The van der Waals surface area contributed by atoms with Crippen LogP contribution in [0.25, 0.3) is 33.7 Å². The number of sulfonamides is 1. The van der Waals surface area contributed by atoms with Crippen LogP contribution >= 0.6 is 0 Å². The maximum absolute atomic E-state index is 13.1. The third-order valence-corrected chi connectivity index (χ3v) is 9.89. The Hall–Kier alpha value is -3.93. The van der Waals surface area contributed by atoms with E-state index >= 15 is 0 Å². The lowest BCUT2D eigenvalue weighted by Crippen LogP contribution is -2.26. The first-order valence-electron chi connectivity index (χ1n) is 14.3. The Bertz CT molecular complexity index is 1930. The number of nitrogens with zero attached hydrogens (tertiary/aromatic N) is 1. The molecule has 1 aliphatic carbocycles. The van der Waals surface area contributed by atoms with Gasteiger partial charge >= 0.3 is 0 Å². The lowest BCUT2D eigenvalue weighted by atomic mass is 9.98. The molecule has 0 atom stereocenters. The summed E-state index contributed by atoms with van der Waals surface area (Å²) in [6.45, 7) is 0.196. The molecule has 1 saturated carbocycles. The van der Waals surface area contributed by atoms with Gasteiger partial charge in [-0.25, -0.2) is 26.5 Å². The Balaban J connectivity index is 1.31. The number of aromatic nitrogens is 2. The molecule has 0 amide bonds. The number of H-pyrrole nitrogens is 1. The molecule has 3 N–H and O–H groups in total. The van der Waals surface area contributed by atoms with Crippen LogP contribution < -0.4 is 10.0 Å². The Labute approximate surface area is 251 Å². The highest BCUT2D eigenvalue weighted by Gasteiger charge is 2.30. The first-order valence-corrected chi connectivity index (χ1v) is 18.0. The van der Waals surface area contributed by atoms with Crippen molar-refractivity contribution in [1.29, 1.82) is 0 Å². The third kappa shape index (κ3) is 7.18. The highest BCUT2D eigenvalue weighted by Crippen LogP contribution is 2.47. The van der Waals surface area contributed by atoms with E-state index in [0.717, 1.165) is 46.3 Å². The number of anilines is 2. The summed E-state index contributed by atoms with van der Waals surface area (Å²) >= 11 is 0. The first-order chi connectivity index (χ1) is 20.7. The summed E-state index contributed by atoms with van der Waals surface area (Å²) in [6.07, 6.45) is 7.54. The number of aromatic amines is 1. The molecule has 11 heteroatoms. The lowest BCUT2D eigenvalue weighted by molar-refractivity contribution is 0.576. The zero-order valence-electron chi connectivity index (χ0n) is 23.8. The molecule has 3 aromatic carbocycles. The zero-order valence-corrected chi connectivity index (χ0v) is 25.5. The number of hydrogen-bond acceptors (Lipinski definition) is 7. The summed E-state index contributed by atoms with van der Waals surface area (Å²) in [5.41, 5.74) is 5.97. The predicted octanol–water partition coefficient (Wildman–Crippen LogP) is 6.36. The monoisotopic (exact) mass is 618 g/mol. The average molecular weight is 619 g/mol. The van der Waals surface area contributed by atoms with E-state index in [9.17, 15) is 16.8 Å². The molecular weight excluding hydrogens is 585 g/mol. The van der Waals surface area contributed by atoms with Gasteiger partial charge in [0.2, 0.25) is 10.0 Å². The van der Waals surface area contributed by atoms with Crippen molar-refractivity contribution >= 4 is 42.2 Å². The smallest absolute Gasteiger partial charge is 0.215 e. The molecule has 1 aliphatic rings. The van der Waals surface area contributed by atoms with Crippen molar-refractivity contribution in [3.8, 4) is 22.7 Å². The fourth-order valence-corrected chi connectivity index (χ4v) is 7.25. The van der Waals surface area contributed by atoms with Crippen molar-refractivity contribution in [2.45, 2.75) is 37.4 Å². The normalized spacial score (nSPS) is 13.9. The van der Waals surface area contributed by atoms with Gasteiger partial charge in [-0.15, -0.1) is 0 Å². The van der Waals surface area contributed by atoms with Gasteiger partial charge in [0, 0.05) is 53.3 Å².